The molecule has 5 nitrogen and oxygen atoms in total. The van der Waals surface area contributed by atoms with Crippen LogP contribution >= 0.6 is 0 Å². The average molecular weight is 495 g/mol. The molecule has 0 saturated carbocycles. The standard InChI is InChI=1S/C15H16O2.C12H10O3.C4H9.Li/c1-3-10(2)14-12-7-5-4-6-11(12)8-9-13(14)15(16)17;1-15-11-9-5-3-2-4-8(9)6-7-10(11)12(13)14;1-3-4-2;/h4-10H,3H2,1-2H3,(H,16,17);2-7H,1H3,(H,13,14);3H,4H2,1-2H3;/q;;-1;+1. The molecule has 0 bridgehead atoms. The van der Waals surface area contributed by atoms with Crippen LogP contribution in [0.25, 0.3) is 21.5 Å². The van der Waals surface area contributed by atoms with Crippen LogP contribution in [-0.4, -0.2) is 29.3 Å². The Labute approximate surface area is 231 Å². The van der Waals surface area contributed by atoms with Gasteiger partial charge in [-0.05, 0) is 46.2 Å². The number of aromatic carboxylic acids is 2. The average Bonchev–Trinajstić information content (AvgIpc) is 2.91. The number of methoxy groups -OCH3 is 1. The maximum Gasteiger partial charge on any atom is 1.00 e. The van der Waals surface area contributed by atoms with Gasteiger partial charge in [0, 0.05) is 5.39 Å². The summed E-state index contributed by atoms with van der Waals surface area (Å²) in [4.78, 5) is 22.2. The zero-order valence-corrected chi connectivity index (χ0v) is 22.6. The summed E-state index contributed by atoms with van der Waals surface area (Å²) in [5, 5.41) is 22.2. The number of unbranched alkanes of at least 4 members (excludes halogenated alkanes) is 1. The van der Waals surface area contributed by atoms with Crippen molar-refractivity contribution < 1.29 is 43.4 Å². The zero-order valence-electron chi connectivity index (χ0n) is 22.6. The van der Waals surface area contributed by atoms with Crippen LogP contribution in [0.4, 0.5) is 0 Å². The summed E-state index contributed by atoms with van der Waals surface area (Å²) in [6.07, 6.45) is 4.26. The Kier molecular flexibility index (Phi) is 13.5. The molecule has 4 rings (SSSR count). The Hall–Kier alpha value is -3.26. The summed E-state index contributed by atoms with van der Waals surface area (Å²) >= 11 is 0. The normalized spacial score (nSPS) is 10.7. The molecule has 6 heteroatoms. The predicted molar refractivity (Wildman–Crippen MR) is 147 cm³/mol. The molecule has 0 aliphatic rings. The van der Waals surface area contributed by atoms with Gasteiger partial charge in [0.15, 0.2) is 0 Å². The third kappa shape index (κ3) is 8.11. The minimum absolute atomic E-state index is 0. The number of rotatable bonds is 6. The molecule has 4 aromatic rings. The van der Waals surface area contributed by atoms with Crippen LogP contribution in [0.15, 0.2) is 72.8 Å². The van der Waals surface area contributed by atoms with Crippen LogP contribution in [0.2, 0.25) is 0 Å². The molecule has 0 aliphatic heterocycles. The van der Waals surface area contributed by atoms with Gasteiger partial charge in [-0.25, -0.2) is 9.59 Å². The Bertz CT molecular complexity index is 1310. The van der Waals surface area contributed by atoms with Crippen LogP contribution in [-0.2, 0) is 0 Å². The monoisotopic (exact) mass is 494 g/mol. The molecule has 0 fully saturated rings. The molecule has 0 saturated heterocycles. The number of hydrogen-bond acceptors (Lipinski definition) is 3. The molecule has 0 heterocycles. The first-order valence-electron chi connectivity index (χ1n) is 12.1. The minimum atomic E-state index is -0.974. The van der Waals surface area contributed by atoms with Crippen molar-refractivity contribution in [2.24, 2.45) is 0 Å². The minimum Gasteiger partial charge on any atom is -0.495 e. The van der Waals surface area contributed by atoms with Crippen molar-refractivity contribution in [2.75, 3.05) is 7.11 Å². The Balaban J connectivity index is 0.000000318. The van der Waals surface area contributed by atoms with Crippen molar-refractivity contribution in [1.82, 2.24) is 0 Å². The molecule has 4 aromatic carbocycles. The molecule has 1 atom stereocenters. The maximum absolute atomic E-state index is 11.3. The summed E-state index contributed by atoms with van der Waals surface area (Å²) in [7, 11) is 1.48. The maximum atomic E-state index is 11.3. The van der Waals surface area contributed by atoms with E-state index in [1.54, 1.807) is 18.2 Å². The third-order valence-corrected chi connectivity index (χ3v) is 6.03. The zero-order chi connectivity index (χ0) is 26.7. The van der Waals surface area contributed by atoms with E-state index < -0.39 is 11.9 Å². The molecule has 2 N–H and O–H groups in total. The van der Waals surface area contributed by atoms with E-state index in [0.717, 1.165) is 33.5 Å². The summed E-state index contributed by atoms with van der Waals surface area (Å²) < 4.78 is 5.14. The Morgan fingerprint density at radius 3 is 1.73 bits per heavy atom. The number of carbonyl (C=O) groups is 2. The van der Waals surface area contributed by atoms with Gasteiger partial charge in [0.1, 0.15) is 11.3 Å². The second-order valence-electron chi connectivity index (χ2n) is 8.35. The van der Waals surface area contributed by atoms with Gasteiger partial charge in [0.05, 0.1) is 12.7 Å². The molecular formula is C31H35LiO5. The van der Waals surface area contributed by atoms with Crippen molar-refractivity contribution in [1.29, 1.82) is 0 Å². The summed E-state index contributed by atoms with van der Waals surface area (Å²) in [6.45, 7) is 8.34. The van der Waals surface area contributed by atoms with Crippen LogP contribution < -0.4 is 23.6 Å². The van der Waals surface area contributed by atoms with E-state index in [1.807, 2.05) is 54.6 Å². The number of hydrogen-bond donors (Lipinski definition) is 2. The van der Waals surface area contributed by atoms with Crippen molar-refractivity contribution >= 4 is 33.5 Å². The predicted octanol–water partition coefficient (Wildman–Crippen LogP) is 5.22. The molecular weight excluding hydrogens is 459 g/mol. The van der Waals surface area contributed by atoms with Gasteiger partial charge in [-0.3, -0.25) is 0 Å². The summed E-state index contributed by atoms with van der Waals surface area (Å²) in [6, 6.07) is 22.4. The number of fused-ring (bicyclic) bond motifs is 2. The molecule has 37 heavy (non-hydrogen) atoms. The van der Waals surface area contributed by atoms with Crippen molar-refractivity contribution in [3.63, 3.8) is 0 Å². The van der Waals surface area contributed by atoms with Crippen LogP contribution in [0, 0.1) is 6.42 Å². The van der Waals surface area contributed by atoms with Gasteiger partial charge in [0.2, 0.25) is 0 Å². The molecule has 1 unspecified atom stereocenters. The van der Waals surface area contributed by atoms with E-state index in [0.29, 0.717) is 11.3 Å². The van der Waals surface area contributed by atoms with Crippen LogP contribution in [0.1, 0.15) is 72.7 Å². The van der Waals surface area contributed by atoms with Crippen LogP contribution in [0.3, 0.4) is 0 Å². The molecule has 0 spiro atoms. The van der Waals surface area contributed by atoms with E-state index in [4.69, 9.17) is 9.84 Å². The molecule has 190 valence electrons. The Morgan fingerprint density at radius 2 is 1.27 bits per heavy atom. The van der Waals surface area contributed by atoms with E-state index in [1.165, 1.54) is 13.5 Å². The topological polar surface area (TPSA) is 83.8 Å². The number of carboxylic acids is 2. The quantitative estimate of drug-likeness (QED) is 0.284. The van der Waals surface area contributed by atoms with Gasteiger partial charge < -0.3 is 21.4 Å². The fourth-order valence-electron chi connectivity index (χ4n) is 3.85. The van der Waals surface area contributed by atoms with Crippen LogP contribution in [0.5, 0.6) is 5.75 Å². The van der Waals surface area contributed by atoms with Gasteiger partial charge in [-0.2, -0.15) is 13.3 Å². The van der Waals surface area contributed by atoms with Crippen molar-refractivity contribution in [2.45, 2.75) is 46.5 Å². The molecule has 0 aliphatic carbocycles. The first kappa shape index (κ1) is 31.8. The van der Waals surface area contributed by atoms with E-state index in [9.17, 15) is 14.7 Å². The SMILES string of the molecule is CCC(C)c1c(C(=O)O)ccc2ccccc12.COc1c(C(=O)O)ccc2ccccc12.C[CH-]CC.[Li+]. The fraction of sp³-hybridized carbons (Fsp3) is 0.258. The smallest absolute Gasteiger partial charge is 0.495 e. The third-order valence-electron chi connectivity index (χ3n) is 6.03. The first-order valence-corrected chi connectivity index (χ1v) is 12.1. The second-order valence-corrected chi connectivity index (χ2v) is 8.35. The summed E-state index contributed by atoms with van der Waals surface area (Å²) in [5.74, 6) is -1.14. The number of benzene rings is 4. The van der Waals surface area contributed by atoms with E-state index in [-0.39, 0.29) is 30.3 Å². The van der Waals surface area contributed by atoms with Gasteiger partial charge in [-0.15, -0.1) is 0 Å². The Morgan fingerprint density at radius 1 is 0.811 bits per heavy atom. The first-order chi connectivity index (χ1) is 17.3. The van der Waals surface area contributed by atoms with Gasteiger partial charge in [-0.1, -0.05) is 81.4 Å². The fourth-order valence-corrected chi connectivity index (χ4v) is 3.85. The number of ether oxygens (including phenoxy) is 1. The second kappa shape index (κ2) is 15.8. The van der Waals surface area contributed by atoms with E-state index >= 15 is 0 Å². The molecule has 0 aromatic heterocycles. The molecule has 0 amide bonds. The largest absolute Gasteiger partial charge is 1.00 e. The summed E-state index contributed by atoms with van der Waals surface area (Å²) in [5.41, 5.74) is 1.58. The van der Waals surface area contributed by atoms with Gasteiger partial charge in [0.25, 0.3) is 0 Å². The number of carboxylic acid groups (broad SMARTS) is 2. The van der Waals surface area contributed by atoms with E-state index in [2.05, 4.69) is 34.1 Å². The molecule has 0 radical (unpaired) electrons. The van der Waals surface area contributed by atoms with Crippen molar-refractivity contribution in [3.05, 3.63) is 95.9 Å². The van der Waals surface area contributed by atoms with Crippen molar-refractivity contribution in [3.8, 4) is 5.75 Å². The van der Waals surface area contributed by atoms with Gasteiger partial charge >= 0.3 is 30.8 Å².